The summed E-state index contributed by atoms with van der Waals surface area (Å²) in [5, 5.41) is 0. The van der Waals surface area contributed by atoms with Crippen molar-refractivity contribution in [3.8, 4) is 0 Å². The maximum atomic E-state index is 4.63. The Balaban J connectivity index is 1.46. The van der Waals surface area contributed by atoms with Gasteiger partial charge in [0.2, 0.25) is 0 Å². The summed E-state index contributed by atoms with van der Waals surface area (Å²) >= 11 is 0. The molecule has 0 radical (unpaired) electrons. The predicted molar refractivity (Wildman–Crippen MR) is 98.6 cm³/mol. The third-order valence-corrected chi connectivity index (χ3v) is 6.83. The van der Waals surface area contributed by atoms with Crippen LogP contribution < -0.4 is 0 Å². The zero-order valence-corrected chi connectivity index (χ0v) is 14.8. The molecule has 0 aromatic carbocycles. The highest BCUT2D eigenvalue weighted by Gasteiger charge is 2.53. The lowest BCUT2D eigenvalue weighted by Gasteiger charge is -2.60. The Morgan fingerprint density at radius 2 is 1.24 bits per heavy atom. The molecule has 0 atom stereocenters. The number of hydrogen-bond donors (Lipinski definition) is 0. The van der Waals surface area contributed by atoms with E-state index in [0.29, 0.717) is 5.54 Å². The molecule has 4 bridgehead atoms. The van der Waals surface area contributed by atoms with Gasteiger partial charge in [-0.25, -0.2) is 0 Å². The highest BCUT2D eigenvalue weighted by Crippen LogP contribution is 2.58. The summed E-state index contributed by atoms with van der Waals surface area (Å²) in [6, 6.07) is 12.6. The molecular formula is C22H27N3. The minimum Gasteiger partial charge on any atom is -0.286 e. The highest BCUT2D eigenvalue weighted by atomic mass is 15.2. The first-order valence-corrected chi connectivity index (χ1v) is 9.84. The molecule has 0 amide bonds. The van der Waals surface area contributed by atoms with Crippen LogP contribution >= 0.6 is 0 Å². The van der Waals surface area contributed by atoms with Crippen LogP contribution in [0.5, 0.6) is 0 Å². The van der Waals surface area contributed by atoms with Crippen LogP contribution in [0.2, 0.25) is 0 Å². The molecule has 4 fully saturated rings. The van der Waals surface area contributed by atoms with Gasteiger partial charge in [-0.15, -0.1) is 0 Å². The van der Waals surface area contributed by atoms with Crippen LogP contribution in [0.1, 0.15) is 49.9 Å². The second-order valence-electron chi connectivity index (χ2n) is 8.64. The van der Waals surface area contributed by atoms with Crippen LogP contribution in [-0.2, 0) is 13.1 Å². The number of rotatable bonds is 5. The van der Waals surface area contributed by atoms with Gasteiger partial charge in [-0.1, -0.05) is 12.1 Å². The summed E-state index contributed by atoms with van der Waals surface area (Å²) in [5.41, 5.74) is 2.76. The van der Waals surface area contributed by atoms with Gasteiger partial charge in [0.25, 0.3) is 0 Å². The molecule has 3 heteroatoms. The zero-order valence-electron chi connectivity index (χ0n) is 14.8. The average Bonchev–Trinajstić information content (AvgIpc) is 2.62. The van der Waals surface area contributed by atoms with Crippen LogP contribution in [0.25, 0.3) is 0 Å². The lowest BCUT2D eigenvalue weighted by atomic mass is 9.52. The molecule has 130 valence electrons. The number of nitrogens with zero attached hydrogens (tertiary/aromatic N) is 3. The van der Waals surface area contributed by atoms with Crippen LogP contribution in [0, 0.1) is 17.8 Å². The van der Waals surface area contributed by atoms with E-state index in [-0.39, 0.29) is 0 Å². The molecule has 3 nitrogen and oxygen atoms in total. The molecule has 2 aromatic heterocycles. The van der Waals surface area contributed by atoms with Gasteiger partial charge < -0.3 is 0 Å². The minimum absolute atomic E-state index is 0.379. The second kappa shape index (κ2) is 6.21. The molecule has 4 aliphatic carbocycles. The quantitative estimate of drug-likeness (QED) is 0.809. The van der Waals surface area contributed by atoms with E-state index in [1.54, 1.807) is 0 Å². The Morgan fingerprint density at radius 3 is 1.64 bits per heavy atom. The molecule has 25 heavy (non-hydrogen) atoms. The topological polar surface area (TPSA) is 29.0 Å². The molecule has 0 aliphatic heterocycles. The van der Waals surface area contributed by atoms with E-state index >= 15 is 0 Å². The van der Waals surface area contributed by atoms with Crippen molar-refractivity contribution >= 4 is 0 Å². The molecule has 0 spiro atoms. The van der Waals surface area contributed by atoms with Crippen LogP contribution in [-0.4, -0.2) is 20.4 Å². The van der Waals surface area contributed by atoms with Crippen LogP contribution in [0.4, 0.5) is 0 Å². The summed E-state index contributed by atoms with van der Waals surface area (Å²) in [4.78, 5) is 12.0. The van der Waals surface area contributed by atoms with Crippen molar-refractivity contribution in [2.45, 2.75) is 57.2 Å². The Bertz CT molecular complexity index is 636. The lowest BCUT2D eigenvalue weighted by molar-refractivity contribution is -0.0969. The van der Waals surface area contributed by atoms with Crippen molar-refractivity contribution in [3.05, 3.63) is 60.2 Å². The molecule has 4 aliphatic rings. The van der Waals surface area contributed by atoms with E-state index in [4.69, 9.17) is 0 Å². The van der Waals surface area contributed by atoms with Gasteiger partial charge in [0.05, 0.1) is 11.4 Å². The maximum Gasteiger partial charge on any atom is 0.0544 e. The minimum atomic E-state index is 0.379. The molecule has 2 aromatic rings. The van der Waals surface area contributed by atoms with Crippen LogP contribution in [0.3, 0.4) is 0 Å². The Labute approximate surface area is 150 Å². The largest absolute Gasteiger partial charge is 0.286 e. The number of aromatic nitrogens is 2. The summed E-state index contributed by atoms with van der Waals surface area (Å²) in [6.07, 6.45) is 12.5. The fraction of sp³-hybridized carbons (Fsp3) is 0.545. The summed E-state index contributed by atoms with van der Waals surface area (Å²) in [6.45, 7) is 1.90. The Morgan fingerprint density at radius 1 is 0.760 bits per heavy atom. The standard InChI is InChI=1S/C22H27N3/c1-3-7-23-20(5-1)15-25(16-21-6-2-4-8-24-21)22-12-17-9-18(13-22)11-19(10-17)14-22/h1-8,17-19H,9-16H2. The monoisotopic (exact) mass is 333 g/mol. The maximum absolute atomic E-state index is 4.63. The van der Waals surface area contributed by atoms with E-state index in [2.05, 4.69) is 39.1 Å². The van der Waals surface area contributed by atoms with E-state index < -0.39 is 0 Å². The van der Waals surface area contributed by atoms with Crippen molar-refractivity contribution in [2.24, 2.45) is 17.8 Å². The van der Waals surface area contributed by atoms with Crippen molar-refractivity contribution in [1.82, 2.24) is 14.9 Å². The summed E-state index contributed by atoms with van der Waals surface area (Å²) < 4.78 is 0. The van der Waals surface area contributed by atoms with E-state index in [1.807, 2.05) is 24.5 Å². The Kier molecular flexibility index (Phi) is 3.85. The van der Waals surface area contributed by atoms with Gasteiger partial charge in [-0.2, -0.15) is 0 Å². The summed E-state index contributed by atoms with van der Waals surface area (Å²) in [5.74, 6) is 2.88. The lowest BCUT2D eigenvalue weighted by Crippen LogP contribution is -2.59. The predicted octanol–water partition coefficient (Wildman–Crippen LogP) is 4.45. The van der Waals surface area contributed by atoms with Gasteiger partial charge >= 0.3 is 0 Å². The normalized spacial score (nSPS) is 33.1. The van der Waals surface area contributed by atoms with Crippen molar-refractivity contribution in [2.75, 3.05) is 0 Å². The highest BCUT2D eigenvalue weighted by molar-refractivity contribution is 5.12. The fourth-order valence-electron chi connectivity index (χ4n) is 6.22. The molecule has 0 saturated heterocycles. The molecule has 2 heterocycles. The van der Waals surface area contributed by atoms with Gasteiger partial charge in [-0.3, -0.25) is 14.9 Å². The van der Waals surface area contributed by atoms with Crippen molar-refractivity contribution < 1.29 is 0 Å². The first-order valence-electron chi connectivity index (χ1n) is 9.84. The van der Waals surface area contributed by atoms with E-state index in [9.17, 15) is 0 Å². The van der Waals surface area contributed by atoms with Gasteiger partial charge in [0, 0.05) is 31.0 Å². The first-order chi connectivity index (χ1) is 12.3. The third kappa shape index (κ3) is 2.99. The first kappa shape index (κ1) is 15.5. The molecule has 0 N–H and O–H groups in total. The van der Waals surface area contributed by atoms with Crippen molar-refractivity contribution in [3.63, 3.8) is 0 Å². The number of pyridine rings is 2. The van der Waals surface area contributed by atoms with Crippen molar-refractivity contribution in [1.29, 1.82) is 0 Å². The summed E-state index contributed by atoms with van der Waals surface area (Å²) in [7, 11) is 0. The smallest absolute Gasteiger partial charge is 0.0544 e. The molecular weight excluding hydrogens is 306 g/mol. The third-order valence-electron chi connectivity index (χ3n) is 6.83. The SMILES string of the molecule is c1ccc(CN(Cc2ccccn2)C23CC4CC(CC(C4)C2)C3)nc1. The van der Waals surface area contributed by atoms with E-state index in [1.165, 1.54) is 49.9 Å². The van der Waals surface area contributed by atoms with E-state index in [0.717, 1.165) is 30.8 Å². The molecule has 0 unspecified atom stereocenters. The zero-order chi connectivity index (χ0) is 16.7. The fourth-order valence-corrected chi connectivity index (χ4v) is 6.22. The van der Waals surface area contributed by atoms with Gasteiger partial charge in [-0.05, 0) is 80.5 Å². The van der Waals surface area contributed by atoms with Gasteiger partial charge in [0.15, 0.2) is 0 Å². The van der Waals surface area contributed by atoms with Crippen LogP contribution in [0.15, 0.2) is 48.8 Å². The van der Waals surface area contributed by atoms with Gasteiger partial charge in [0.1, 0.15) is 0 Å². The second-order valence-corrected chi connectivity index (χ2v) is 8.64. The average molecular weight is 333 g/mol. The Hall–Kier alpha value is -1.74. The molecule has 4 saturated carbocycles. The number of hydrogen-bond acceptors (Lipinski definition) is 3. The molecule has 6 rings (SSSR count).